The molecule has 0 saturated heterocycles. The van der Waals surface area contributed by atoms with E-state index in [0.717, 1.165) is 11.3 Å². The minimum Gasteiger partial charge on any atom is -0.490 e. The lowest BCUT2D eigenvalue weighted by Crippen LogP contribution is -2.20. The molecule has 0 N–H and O–H groups in total. The predicted molar refractivity (Wildman–Crippen MR) is 94.0 cm³/mol. The van der Waals surface area contributed by atoms with Crippen molar-refractivity contribution >= 4 is 17.5 Å². The first-order valence-electron chi connectivity index (χ1n) is 7.48. The van der Waals surface area contributed by atoms with E-state index in [9.17, 15) is 4.79 Å². The van der Waals surface area contributed by atoms with Crippen LogP contribution in [0.2, 0.25) is 0 Å². The van der Waals surface area contributed by atoms with Gasteiger partial charge in [-0.2, -0.15) is 11.8 Å². The van der Waals surface area contributed by atoms with Crippen molar-refractivity contribution < 1.29 is 14.3 Å². The number of hydrogen-bond donors (Lipinski definition) is 0. The Morgan fingerprint density at radius 1 is 1.17 bits per heavy atom. The van der Waals surface area contributed by atoms with Gasteiger partial charge in [0.05, 0.1) is 23.7 Å². The highest BCUT2D eigenvalue weighted by Crippen LogP contribution is 2.18. The predicted octanol–water partition coefficient (Wildman–Crippen LogP) is 3.46. The van der Waals surface area contributed by atoms with Crippen LogP contribution in [-0.4, -0.2) is 42.1 Å². The zero-order valence-electron chi connectivity index (χ0n) is 13.4. The van der Waals surface area contributed by atoms with Gasteiger partial charge in [-0.05, 0) is 25.3 Å². The summed E-state index contributed by atoms with van der Waals surface area (Å²) in [6.07, 6.45) is 3.61. The topological polar surface area (TPSA) is 48.4 Å². The highest BCUT2D eigenvalue weighted by atomic mass is 32.2. The quantitative estimate of drug-likeness (QED) is 0.659. The number of rotatable bonds is 9. The van der Waals surface area contributed by atoms with Crippen molar-refractivity contribution in [3.05, 3.63) is 48.7 Å². The molecule has 1 aromatic heterocycles. The zero-order chi connectivity index (χ0) is 16.5. The summed E-state index contributed by atoms with van der Waals surface area (Å²) < 4.78 is 10.9. The largest absolute Gasteiger partial charge is 0.490 e. The molecule has 0 aliphatic rings. The summed E-state index contributed by atoms with van der Waals surface area (Å²) in [5, 5.41) is -0.0225. The third kappa shape index (κ3) is 5.69. The van der Waals surface area contributed by atoms with Gasteiger partial charge in [-0.3, -0.25) is 9.78 Å². The van der Waals surface area contributed by atoms with Crippen molar-refractivity contribution in [3.8, 4) is 17.0 Å². The normalized spacial score (nSPS) is 11.9. The summed E-state index contributed by atoms with van der Waals surface area (Å²) in [6, 6.07) is 13.8. The first-order valence-corrected chi connectivity index (χ1v) is 8.77. The van der Waals surface area contributed by atoms with Crippen LogP contribution in [0.3, 0.4) is 0 Å². The van der Waals surface area contributed by atoms with E-state index in [1.54, 1.807) is 6.20 Å². The molecule has 0 aliphatic carbocycles. The van der Waals surface area contributed by atoms with Gasteiger partial charge in [0.25, 0.3) is 0 Å². The van der Waals surface area contributed by atoms with Gasteiger partial charge in [0.15, 0.2) is 5.78 Å². The van der Waals surface area contributed by atoms with Crippen LogP contribution >= 0.6 is 11.8 Å². The van der Waals surface area contributed by atoms with E-state index in [4.69, 9.17) is 9.47 Å². The first kappa shape index (κ1) is 17.5. The maximum atomic E-state index is 11.6. The minimum atomic E-state index is -0.0225. The van der Waals surface area contributed by atoms with Gasteiger partial charge in [0.1, 0.15) is 19.0 Å². The first-order chi connectivity index (χ1) is 11.2. The summed E-state index contributed by atoms with van der Waals surface area (Å²) in [5.41, 5.74) is 1.98. The van der Waals surface area contributed by atoms with Crippen molar-refractivity contribution in [2.24, 2.45) is 0 Å². The number of nitrogens with zero attached hydrogens (tertiary/aromatic N) is 1. The highest BCUT2D eigenvalue weighted by molar-refractivity contribution is 7.99. The number of ketones is 1. The summed E-state index contributed by atoms with van der Waals surface area (Å²) in [4.78, 5) is 16.0. The van der Waals surface area contributed by atoms with Crippen molar-refractivity contribution in [2.75, 3.05) is 26.1 Å². The molecule has 1 aromatic carbocycles. The Balaban J connectivity index is 1.72. The third-order valence-electron chi connectivity index (χ3n) is 3.35. The molecule has 0 fully saturated rings. The summed E-state index contributed by atoms with van der Waals surface area (Å²) in [7, 11) is 0. The third-order valence-corrected chi connectivity index (χ3v) is 4.32. The Morgan fingerprint density at radius 2 is 1.96 bits per heavy atom. The van der Waals surface area contributed by atoms with Crippen molar-refractivity contribution in [2.45, 2.75) is 12.2 Å². The molecular formula is C18H21NO3S. The molecule has 0 bridgehead atoms. The lowest BCUT2D eigenvalue weighted by Gasteiger charge is -2.09. The average Bonchev–Trinajstić information content (AvgIpc) is 2.61. The van der Waals surface area contributed by atoms with Gasteiger partial charge >= 0.3 is 0 Å². The fraction of sp³-hybridized carbons (Fsp3) is 0.333. The smallest absolute Gasteiger partial charge is 0.171 e. The molecule has 122 valence electrons. The van der Waals surface area contributed by atoms with Gasteiger partial charge < -0.3 is 9.47 Å². The van der Waals surface area contributed by atoms with Gasteiger partial charge in [0.2, 0.25) is 0 Å². The Kier molecular flexibility index (Phi) is 7.10. The Hall–Kier alpha value is -1.85. The molecule has 0 amide bonds. The molecule has 2 rings (SSSR count). The molecular weight excluding hydrogens is 310 g/mol. The molecule has 1 atom stereocenters. The molecule has 0 spiro atoms. The number of aromatic nitrogens is 1. The molecule has 2 aromatic rings. The van der Waals surface area contributed by atoms with Crippen LogP contribution in [0.1, 0.15) is 6.92 Å². The van der Waals surface area contributed by atoms with Gasteiger partial charge in [-0.1, -0.05) is 30.3 Å². The number of hydrogen-bond acceptors (Lipinski definition) is 5. The van der Waals surface area contributed by atoms with Crippen LogP contribution in [0.4, 0.5) is 0 Å². The van der Waals surface area contributed by atoms with Gasteiger partial charge in [-0.15, -0.1) is 0 Å². The number of ether oxygens (including phenoxy) is 2. The van der Waals surface area contributed by atoms with E-state index < -0.39 is 0 Å². The summed E-state index contributed by atoms with van der Waals surface area (Å²) in [6.45, 7) is 2.80. The maximum absolute atomic E-state index is 11.6. The van der Waals surface area contributed by atoms with Crippen molar-refractivity contribution in [3.63, 3.8) is 0 Å². The van der Waals surface area contributed by atoms with Crippen LogP contribution in [0.5, 0.6) is 5.75 Å². The van der Waals surface area contributed by atoms with Crippen LogP contribution in [0, 0.1) is 0 Å². The highest BCUT2D eigenvalue weighted by Gasteiger charge is 2.10. The summed E-state index contributed by atoms with van der Waals surface area (Å²) >= 11 is 1.52. The molecule has 23 heavy (non-hydrogen) atoms. The average molecular weight is 331 g/mol. The maximum Gasteiger partial charge on any atom is 0.171 e. The fourth-order valence-electron chi connectivity index (χ4n) is 1.89. The van der Waals surface area contributed by atoms with Crippen LogP contribution in [-0.2, 0) is 9.53 Å². The van der Waals surface area contributed by atoms with Crippen molar-refractivity contribution in [1.29, 1.82) is 0 Å². The monoisotopic (exact) mass is 331 g/mol. The number of carbonyl (C=O) groups excluding carboxylic acids is 1. The second-order valence-corrected chi connectivity index (χ2v) is 6.17. The molecule has 0 saturated carbocycles. The van der Waals surface area contributed by atoms with E-state index in [1.807, 2.05) is 55.6 Å². The van der Waals surface area contributed by atoms with Crippen LogP contribution in [0.15, 0.2) is 48.7 Å². The summed E-state index contributed by atoms with van der Waals surface area (Å²) in [5.74, 6) is 0.795. The number of Topliss-reactive ketones (excluding diaryl/α,β-unsaturated/α-hetero) is 1. The Labute approximate surface area is 141 Å². The van der Waals surface area contributed by atoms with E-state index in [1.165, 1.54) is 11.8 Å². The minimum absolute atomic E-state index is 0.0225. The zero-order valence-corrected chi connectivity index (χ0v) is 14.2. The Bertz CT molecular complexity index is 601. The van der Waals surface area contributed by atoms with E-state index in [2.05, 4.69) is 4.98 Å². The SMILES string of the molecule is CSC(C)C(=O)COCCOc1ccc(-c2ccccc2)nc1. The number of thioether (sulfide) groups is 1. The van der Waals surface area contributed by atoms with Gasteiger partial charge in [-0.25, -0.2) is 0 Å². The second-order valence-electron chi connectivity index (χ2n) is 4.99. The molecule has 0 aliphatic heterocycles. The second kappa shape index (κ2) is 9.33. The molecule has 0 radical (unpaired) electrons. The number of pyridine rings is 1. The number of carbonyl (C=O) groups is 1. The molecule has 1 heterocycles. The standard InChI is InChI=1S/C18H21NO3S/c1-14(23-2)18(20)13-21-10-11-22-16-8-9-17(19-12-16)15-6-4-3-5-7-15/h3-9,12,14H,10-11,13H2,1-2H3. The fourth-order valence-corrected chi connectivity index (χ4v) is 2.22. The molecule has 5 heteroatoms. The van der Waals surface area contributed by atoms with E-state index in [-0.39, 0.29) is 17.6 Å². The van der Waals surface area contributed by atoms with E-state index in [0.29, 0.717) is 19.0 Å². The lowest BCUT2D eigenvalue weighted by atomic mass is 10.1. The van der Waals surface area contributed by atoms with Crippen molar-refractivity contribution in [1.82, 2.24) is 4.98 Å². The van der Waals surface area contributed by atoms with Crippen LogP contribution < -0.4 is 4.74 Å². The molecule has 4 nitrogen and oxygen atoms in total. The van der Waals surface area contributed by atoms with E-state index >= 15 is 0 Å². The molecule has 1 unspecified atom stereocenters. The number of benzene rings is 1. The van der Waals surface area contributed by atoms with Gasteiger partial charge in [0, 0.05) is 5.56 Å². The lowest BCUT2D eigenvalue weighted by molar-refractivity contribution is -0.123. The van der Waals surface area contributed by atoms with Crippen LogP contribution in [0.25, 0.3) is 11.3 Å². The Morgan fingerprint density at radius 3 is 2.61 bits per heavy atom.